The molecule has 1 atom stereocenters. The number of halogens is 1. The van der Waals surface area contributed by atoms with E-state index in [-0.39, 0.29) is 11.9 Å². The lowest BCUT2D eigenvalue weighted by Crippen LogP contribution is -2.24. The minimum atomic E-state index is -0.257. The summed E-state index contributed by atoms with van der Waals surface area (Å²) in [5.74, 6) is -0.423. The number of aromatic amines is 1. The van der Waals surface area contributed by atoms with E-state index >= 15 is 0 Å². The molecule has 2 heterocycles. The molecule has 5 heteroatoms. The summed E-state index contributed by atoms with van der Waals surface area (Å²) in [6.45, 7) is 3.95. The first-order valence-corrected chi connectivity index (χ1v) is 9.57. The van der Waals surface area contributed by atoms with Crippen molar-refractivity contribution in [1.29, 1.82) is 0 Å². The molecule has 1 aliphatic heterocycles. The number of fused-ring (bicyclic) bond motifs is 3. The Balaban J connectivity index is 2.14. The number of hydrogen-bond donors (Lipinski definition) is 1. The number of aromatic nitrogens is 1. The fourth-order valence-electron chi connectivity index (χ4n) is 3.68. The van der Waals surface area contributed by atoms with Crippen LogP contribution < -0.4 is 0 Å². The molecule has 0 radical (unpaired) electrons. The van der Waals surface area contributed by atoms with Gasteiger partial charge in [-0.05, 0) is 50.1 Å². The second-order valence-electron chi connectivity index (χ2n) is 6.75. The molecule has 3 rings (SSSR count). The SMILES string of the molecule is CC/C1=C/CCC(C(=O)OC)c2[nH]c3ccc(Br)cc3c2CN(C)C1. The number of carbonyl (C=O) groups excluding carboxylic acids is 1. The maximum atomic E-state index is 12.5. The number of likely N-dealkylation sites (N-methyl/N-ethyl adjacent to an activating group) is 1. The van der Waals surface area contributed by atoms with Crippen molar-refractivity contribution in [3.05, 3.63) is 45.6 Å². The molecular formula is C20H25BrN2O2. The van der Waals surface area contributed by atoms with E-state index in [9.17, 15) is 4.79 Å². The van der Waals surface area contributed by atoms with E-state index in [4.69, 9.17) is 4.74 Å². The van der Waals surface area contributed by atoms with Gasteiger partial charge in [-0.3, -0.25) is 9.69 Å². The molecule has 25 heavy (non-hydrogen) atoms. The number of benzene rings is 1. The monoisotopic (exact) mass is 404 g/mol. The zero-order chi connectivity index (χ0) is 18.0. The minimum absolute atomic E-state index is 0.165. The van der Waals surface area contributed by atoms with E-state index in [1.165, 1.54) is 23.6 Å². The first-order valence-electron chi connectivity index (χ1n) is 8.77. The van der Waals surface area contributed by atoms with E-state index in [2.05, 4.69) is 58.0 Å². The minimum Gasteiger partial charge on any atom is -0.469 e. The summed E-state index contributed by atoms with van der Waals surface area (Å²) in [6.07, 6.45) is 4.98. The standard InChI is InChI=1S/C20H25BrN2O2/c1-4-13-6-5-7-15(20(24)25-3)19-17(12-23(2)11-13)16-10-14(21)8-9-18(16)22-19/h6,8-10,15,22H,4-5,7,11-12H2,1-3H3/b13-6-. The number of allylic oxidation sites excluding steroid dienone is 1. The second kappa shape index (κ2) is 7.75. The Labute approximate surface area is 157 Å². The van der Waals surface area contributed by atoms with Crippen molar-refractivity contribution in [2.75, 3.05) is 20.7 Å². The van der Waals surface area contributed by atoms with Crippen LogP contribution in [0.3, 0.4) is 0 Å². The van der Waals surface area contributed by atoms with Crippen molar-refractivity contribution in [2.45, 2.75) is 38.6 Å². The van der Waals surface area contributed by atoms with E-state index in [0.717, 1.165) is 48.0 Å². The van der Waals surface area contributed by atoms with Gasteiger partial charge in [0.15, 0.2) is 0 Å². The zero-order valence-corrected chi connectivity index (χ0v) is 16.6. The molecule has 0 saturated heterocycles. The third kappa shape index (κ3) is 3.82. The van der Waals surface area contributed by atoms with Gasteiger partial charge in [-0.1, -0.05) is 34.5 Å². The molecule has 0 bridgehead atoms. The van der Waals surface area contributed by atoms with Gasteiger partial charge in [-0.2, -0.15) is 0 Å². The molecule has 1 aliphatic rings. The van der Waals surface area contributed by atoms with Crippen molar-refractivity contribution in [3.63, 3.8) is 0 Å². The van der Waals surface area contributed by atoms with Crippen LogP contribution in [0, 0.1) is 0 Å². The Hall–Kier alpha value is -1.59. The van der Waals surface area contributed by atoms with Crippen molar-refractivity contribution in [1.82, 2.24) is 9.88 Å². The molecule has 0 saturated carbocycles. The van der Waals surface area contributed by atoms with Gasteiger partial charge in [0.05, 0.1) is 13.0 Å². The van der Waals surface area contributed by atoms with Crippen molar-refractivity contribution < 1.29 is 9.53 Å². The smallest absolute Gasteiger partial charge is 0.314 e. The highest BCUT2D eigenvalue weighted by molar-refractivity contribution is 9.10. The highest BCUT2D eigenvalue weighted by Crippen LogP contribution is 2.34. The Bertz CT molecular complexity index is 809. The average Bonchev–Trinajstić information content (AvgIpc) is 2.94. The maximum absolute atomic E-state index is 12.5. The van der Waals surface area contributed by atoms with E-state index in [1.807, 2.05) is 6.07 Å². The lowest BCUT2D eigenvalue weighted by atomic mass is 9.93. The lowest BCUT2D eigenvalue weighted by Gasteiger charge is -2.23. The van der Waals surface area contributed by atoms with E-state index < -0.39 is 0 Å². The first kappa shape index (κ1) is 18.2. The fraction of sp³-hybridized carbons (Fsp3) is 0.450. The van der Waals surface area contributed by atoms with Crippen LogP contribution in [-0.4, -0.2) is 36.6 Å². The Morgan fingerprint density at radius 1 is 1.40 bits per heavy atom. The van der Waals surface area contributed by atoms with Crippen LogP contribution >= 0.6 is 15.9 Å². The average molecular weight is 405 g/mol. The largest absolute Gasteiger partial charge is 0.469 e. The zero-order valence-electron chi connectivity index (χ0n) is 15.1. The third-order valence-corrected chi connectivity index (χ3v) is 5.47. The lowest BCUT2D eigenvalue weighted by molar-refractivity contribution is -0.142. The number of H-pyrrole nitrogens is 1. The highest BCUT2D eigenvalue weighted by Gasteiger charge is 2.28. The topological polar surface area (TPSA) is 45.3 Å². The van der Waals surface area contributed by atoms with Crippen LogP contribution in [-0.2, 0) is 16.1 Å². The molecule has 4 nitrogen and oxygen atoms in total. The predicted molar refractivity (Wildman–Crippen MR) is 105 cm³/mol. The van der Waals surface area contributed by atoms with E-state index in [0.29, 0.717) is 0 Å². The number of nitrogens with zero attached hydrogens (tertiary/aromatic N) is 1. The predicted octanol–water partition coefficient (Wildman–Crippen LogP) is 4.75. The number of rotatable bonds is 2. The normalized spacial score (nSPS) is 21.4. The fourth-order valence-corrected chi connectivity index (χ4v) is 4.04. The molecule has 0 spiro atoms. The molecule has 1 aromatic heterocycles. The van der Waals surface area contributed by atoms with Crippen LogP contribution in [0.15, 0.2) is 34.3 Å². The summed E-state index contributed by atoms with van der Waals surface area (Å²) < 4.78 is 6.16. The first-order chi connectivity index (χ1) is 12.0. The summed E-state index contributed by atoms with van der Waals surface area (Å²) in [6, 6.07) is 6.23. The number of carbonyl (C=O) groups is 1. The summed E-state index contributed by atoms with van der Waals surface area (Å²) >= 11 is 3.57. The molecule has 0 aliphatic carbocycles. The molecule has 1 aromatic carbocycles. The van der Waals surface area contributed by atoms with Gasteiger partial charge < -0.3 is 9.72 Å². The number of esters is 1. The summed E-state index contributed by atoms with van der Waals surface area (Å²) in [5.41, 5.74) is 4.70. The number of hydrogen-bond acceptors (Lipinski definition) is 3. The van der Waals surface area contributed by atoms with Gasteiger partial charge in [0.25, 0.3) is 0 Å². The van der Waals surface area contributed by atoms with Crippen LogP contribution in [0.2, 0.25) is 0 Å². The highest BCUT2D eigenvalue weighted by atomic mass is 79.9. The van der Waals surface area contributed by atoms with Crippen LogP contribution in [0.25, 0.3) is 10.9 Å². The second-order valence-corrected chi connectivity index (χ2v) is 7.66. The molecule has 0 amide bonds. The summed E-state index contributed by atoms with van der Waals surface area (Å²) in [5, 5.41) is 1.17. The Morgan fingerprint density at radius 3 is 2.92 bits per heavy atom. The van der Waals surface area contributed by atoms with Crippen molar-refractivity contribution in [3.8, 4) is 0 Å². The van der Waals surface area contributed by atoms with E-state index in [1.54, 1.807) is 0 Å². The number of ether oxygens (including phenoxy) is 1. The number of nitrogens with one attached hydrogen (secondary N) is 1. The van der Waals surface area contributed by atoms with Crippen LogP contribution in [0.5, 0.6) is 0 Å². The molecular weight excluding hydrogens is 380 g/mol. The molecule has 134 valence electrons. The molecule has 0 fully saturated rings. The van der Waals surface area contributed by atoms with Gasteiger partial charge in [0.1, 0.15) is 0 Å². The van der Waals surface area contributed by atoms with Gasteiger partial charge in [0.2, 0.25) is 0 Å². The van der Waals surface area contributed by atoms with Crippen LogP contribution in [0.4, 0.5) is 0 Å². The summed E-state index contributed by atoms with van der Waals surface area (Å²) in [4.78, 5) is 18.3. The molecule has 1 unspecified atom stereocenters. The third-order valence-electron chi connectivity index (χ3n) is 4.98. The van der Waals surface area contributed by atoms with Crippen LogP contribution in [0.1, 0.15) is 43.4 Å². The quantitative estimate of drug-likeness (QED) is 0.580. The maximum Gasteiger partial charge on any atom is 0.314 e. The Kier molecular flexibility index (Phi) is 5.64. The molecule has 1 N–H and O–H groups in total. The van der Waals surface area contributed by atoms with Gasteiger partial charge >= 0.3 is 5.97 Å². The van der Waals surface area contributed by atoms with Gasteiger partial charge in [0, 0.05) is 34.2 Å². The van der Waals surface area contributed by atoms with Gasteiger partial charge in [-0.25, -0.2) is 0 Å². The number of methoxy groups -OCH3 is 1. The molecule has 2 aromatic rings. The Morgan fingerprint density at radius 2 is 2.20 bits per heavy atom. The van der Waals surface area contributed by atoms with Crippen molar-refractivity contribution >= 4 is 32.8 Å². The van der Waals surface area contributed by atoms with Crippen molar-refractivity contribution in [2.24, 2.45) is 0 Å². The van der Waals surface area contributed by atoms with Gasteiger partial charge in [-0.15, -0.1) is 0 Å². The summed E-state index contributed by atoms with van der Waals surface area (Å²) in [7, 11) is 3.61.